The Morgan fingerprint density at radius 2 is 2.15 bits per heavy atom. The minimum absolute atomic E-state index is 0.0686. The molecule has 0 bridgehead atoms. The van der Waals surface area contributed by atoms with Gasteiger partial charge < -0.3 is 15.0 Å². The van der Waals surface area contributed by atoms with Gasteiger partial charge in [0.2, 0.25) is 10.0 Å². The molecule has 20 heavy (non-hydrogen) atoms. The normalized spacial score (nSPS) is 20.8. The molecular weight excluding hydrogens is 278 g/mol. The van der Waals surface area contributed by atoms with Crippen molar-refractivity contribution in [3.63, 3.8) is 0 Å². The van der Waals surface area contributed by atoms with Crippen molar-refractivity contribution in [3.8, 4) is 0 Å². The minimum atomic E-state index is -3.46. The lowest BCUT2D eigenvalue weighted by atomic mass is 10.2. The third-order valence-electron chi connectivity index (χ3n) is 3.31. The first-order valence-corrected chi connectivity index (χ1v) is 8.08. The van der Waals surface area contributed by atoms with E-state index in [-0.39, 0.29) is 11.0 Å². The number of nitrogens with one attached hydrogen (secondary N) is 2. The number of sulfonamides is 1. The molecule has 1 aliphatic rings. The highest BCUT2D eigenvalue weighted by molar-refractivity contribution is 7.89. The average molecular weight is 299 g/mol. The SMILES string of the molecule is CNS(=O)(=O)c1ccccc1NCC1CN(C)CCO1. The van der Waals surface area contributed by atoms with Crippen molar-refractivity contribution in [1.82, 2.24) is 9.62 Å². The first kappa shape index (κ1) is 15.2. The Kier molecular flexibility index (Phi) is 4.98. The molecule has 1 heterocycles. The van der Waals surface area contributed by atoms with Gasteiger partial charge in [0.1, 0.15) is 4.90 Å². The Bertz CT molecular complexity index is 548. The van der Waals surface area contributed by atoms with E-state index < -0.39 is 10.0 Å². The summed E-state index contributed by atoms with van der Waals surface area (Å²) < 4.78 is 31.9. The van der Waals surface area contributed by atoms with Crippen LogP contribution in [0.5, 0.6) is 0 Å². The molecule has 1 atom stereocenters. The lowest BCUT2D eigenvalue weighted by Gasteiger charge is -2.30. The van der Waals surface area contributed by atoms with Gasteiger partial charge in [-0.05, 0) is 26.2 Å². The van der Waals surface area contributed by atoms with Crippen LogP contribution in [-0.4, -0.2) is 59.8 Å². The number of hydrogen-bond acceptors (Lipinski definition) is 5. The van der Waals surface area contributed by atoms with E-state index in [1.807, 2.05) is 6.07 Å². The van der Waals surface area contributed by atoms with Crippen molar-refractivity contribution < 1.29 is 13.2 Å². The van der Waals surface area contributed by atoms with Crippen molar-refractivity contribution in [2.24, 2.45) is 0 Å². The highest BCUT2D eigenvalue weighted by Crippen LogP contribution is 2.20. The fourth-order valence-corrected chi connectivity index (χ4v) is 3.08. The largest absolute Gasteiger partial charge is 0.381 e. The number of ether oxygens (including phenoxy) is 1. The van der Waals surface area contributed by atoms with Crippen LogP contribution in [0.15, 0.2) is 29.2 Å². The maximum atomic E-state index is 11.9. The fourth-order valence-electron chi connectivity index (χ4n) is 2.17. The highest BCUT2D eigenvalue weighted by Gasteiger charge is 2.20. The smallest absolute Gasteiger partial charge is 0.242 e. The van der Waals surface area contributed by atoms with Crippen LogP contribution < -0.4 is 10.0 Å². The van der Waals surface area contributed by atoms with Gasteiger partial charge in [-0.2, -0.15) is 0 Å². The summed E-state index contributed by atoms with van der Waals surface area (Å²) in [5, 5.41) is 3.17. The topological polar surface area (TPSA) is 70.7 Å². The first-order chi connectivity index (χ1) is 9.53. The molecule has 1 saturated heterocycles. The van der Waals surface area contributed by atoms with Crippen LogP contribution in [0, 0.1) is 0 Å². The molecule has 1 aromatic carbocycles. The fraction of sp³-hybridized carbons (Fsp3) is 0.538. The second kappa shape index (κ2) is 6.53. The predicted molar refractivity (Wildman–Crippen MR) is 78.4 cm³/mol. The van der Waals surface area contributed by atoms with E-state index in [1.165, 1.54) is 7.05 Å². The van der Waals surface area contributed by atoms with Crippen molar-refractivity contribution in [2.75, 3.05) is 45.7 Å². The third kappa shape index (κ3) is 3.69. The van der Waals surface area contributed by atoms with E-state index in [2.05, 4.69) is 22.0 Å². The van der Waals surface area contributed by atoms with E-state index in [1.54, 1.807) is 18.2 Å². The van der Waals surface area contributed by atoms with Gasteiger partial charge in [-0.1, -0.05) is 12.1 Å². The Hall–Kier alpha value is -1.15. The quantitative estimate of drug-likeness (QED) is 0.820. The molecule has 1 aromatic rings. The zero-order valence-corrected chi connectivity index (χ0v) is 12.6. The molecule has 0 amide bonds. The number of hydrogen-bond donors (Lipinski definition) is 2. The third-order valence-corrected chi connectivity index (χ3v) is 4.78. The van der Waals surface area contributed by atoms with Gasteiger partial charge in [0.15, 0.2) is 0 Å². The van der Waals surface area contributed by atoms with Crippen LogP contribution in [-0.2, 0) is 14.8 Å². The van der Waals surface area contributed by atoms with E-state index in [9.17, 15) is 8.42 Å². The summed E-state index contributed by atoms with van der Waals surface area (Å²) in [7, 11) is 0.00231. The van der Waals surface area contributed by atoms with Crippen LogP contribution >= 0.6 is 0 Å². The molecule has 0 aliphatic carbocycles. The summed E-state index contributed by atoms with van der Waals surface area (Å²) in [6.07, 6.45) is 0.0686. The standard InChI is InChI=1S/C13H21N3O3S/c1-14-20(17,18)13-6-4-3-5-12(13)15-9-11-10-16(2)7-8-19-11/h3-6,11,14-15H,7-10H2,1-2H3. The maximum absolute atomic E-state index is 11.9. The molecule has 0 aromatic heterocycles. The number of morpholine rings is 1. The van der Waals surface area contributed by atoms with E-state index in [0.717, 1.165) is 13.1 Å². The zero-order chi connectivity index (χ0) is 14.6. The molecule has 1 fully saturated rings. The Labute approximate surface area is 120 Å². The number of para-hydroxylation sites is 1. The molecule has 2 N–H and O–H groups in total. The number of benzene rings is 1. The van der Waals surface area contributed by atoms with Crippen molar-refractivity contribution in [1.29, 1.82) is 0 Å². The summed E-state index contributed by atoms with van der Waals surface area (Å²) in [6, 6.07) is 6.87. The molecule has 0 radical (unpaired) electrons. The molecule has 7 heteroatoms. The Morgan fingerprint density at radius 1 is 1.40 bits per heavy atom. The average Bonchev–Trinajstić information content (AvgIpc) is 2.45. The lowest BCUT2D eigenvalue weighted by Crippen LogP contribution is -2.43. The zero-order valence-electron chi connectivity index (χ0n) is 11.8. The van der Waals surface area contributed by atoms with Gasteiger partial charge >= 0.3 is 0 Å². The summed E-state index contributed by atoms with van der Waals surface area (Å²) in [4.78, 5) is 2.46. The monoisotopic (exact) mass is 299 g/mol. The van der Waals surface area contributed by atoms with Gasteiger partial charge in [-0.25, -0.2) is 13.1 Å². The minimum Gasteiger partial charge on any atom is -0.381 e. The van der Waals surface area contributed by atoms with Gasteiger partial charge in [0.05, 0.1) is 18.4 Å². The van der Waals surface area contributed by atoms with Crippen molar-refractivity contribution >= 4 is 15.7 Å². The second-order valence-electron chi connectivity index (χ2n) is 4.84. The predicted octanol–water partition coefficient (Wildman–Crippen LogP) is 0.337. The summed E-state index contributed by atoms with van der Waals surface area (Å²) >= 11 is 0. The van der Waals surface area contributed by atoms with Gasteiger partial charge in [0.25, 0.3) is 0 Å². The molecule has 0 spiro atoms. The molecule has 0 saturated carbocycles. The van der Waals surface area contributed by atoms with E-state index in [4.69, 9.17) is 4.74 Å². The van der Waals surface area contributed by atoms with Crippen LogP contribution in [0.25, 0.3) is 0 Å². The van der Waals surface area contributed by atoms with Gasteiger partial charge in [-0.3, -0.25) is 0 Å². The van der Waals surface area contributed by atoms with Crippen molar-refractivity contribution in [3.05, 3.63) is 24.3 Å². The summed E-state index contributed by atoms with van der Waals surface area (Å²) in [5.74, 6) is 0. The number of anilines is 1. The van der Waals surface area contributed by atoms with Gasteiger partial charge in [-0.15, -0.1) is 0 Å². The number of nitrogens with zero attached hydrogens (tertiary/aromatic N) is 1. The second-order valence-corrected chi connectivity index (χ2v) is 6.69. The Morgan fingerprint density at radius 3 is 2.85 bits per heavy atom. The summed E-state index contributed by atoms with van der Waals surface area (Å²) in [5.41, 5.74) is 0.596. The number of rotatable bonds is 5. The van der Waals surface area contributed by atoms with Crippen LogP contribution in [0.1, 0.15) is 0 Å². The molecular formula is C13H21N3O3S. The maximum Gasteiger partial charge on any atom is 0.242 e. The summed E-state index contributed by atoms with van der Waals surface area (Å²) in [6.45, 7) is 3.06. The van der Waals surface area contributed by atoms with Crippen LogP contribution in [0.4, 0.5) is 5.69 Å². The van der Waals surface area contributed by atoms with E-state index in [0.29, 0.717) is 18.8 Å². The van der Waals surface area contributed by atoms with E-state index >= 15 is 0 Å². The molecule has 1 unspecified atom stereocenters. The molecule has 1 aliphatic heterocycles. The van der Waals surface area contributed by atoms with Crippen LogP contribution in [0.3, 0.4) is 0 Å². The highest BCUT2D eigenvalue weighted by atomic mass is 32.2. The molecule has 112 valence electrons. The van der Waals surface area contributed by atoms with Gasteiger partial charge in [0, 0.05) is 19.6 Å². The molecule has 2 rings (SSSR count). The Balaban J connectivity index is 2.06. The first-order valence-electron chi connectivity index (χ1n) is 6.59. The van der Waals surface area contributed by atoms with Crippen LogP contribution in [0.2, 0.25) is 0 Å². The van der Waals surface area contributed by atoms with Crippen molar-refractivity contribution in [2.45, 2.75) is 11.0 Å². The molecule has 6 nitrogen and oxygen atoms in total. The lowest BCUT2D eigenvalue weighted by molar-refractivity contribution is -0.0117. The number of likely N-dealkylation sites (N-methyl/N-ethyl adjacent to an activating group) is 1.